The molecule has 1 heterocycles. The number of amides is 1. The predicted molar refractivity (Wildman–Crippen MR) is 61.2 cm³/mol. The van der Waals surface area contributed by atoms with Crippen molar-refractivity contribution in [3.8, 4) is 0 Å². The summed E-state index contributed by atoms with van der Waals surface area (Å²) < 4.78 is 5.24. The van der Waals surface area contributed by atoms with E-state index in [9.17, 15) is 4.79 Å². The van der Waals surface area contributed by atoms with Crippen molar-refractivity contribution in [3.63, 3.8) is 0 Å². The van der Waals surface area contributed by atoms with Crippen LogP contribution in [0.25, 0.3) is 0 Å². The highest BCUT2D eigenvalue weighted by Crippen LogP contribution is 1.96. The molecule has 1 atom stereocenters. The number of ether oxygens (including phenoxy) is 1. The first-order chi connectivity index (χ1) is 7.68. The first-order valence-corrected chi connectivity index (χ1v) is 5.93. The lowest BCUT2D eigenvalue weighted by Gasteiger charge is -2.26. The standard InChI is InChI=1S/C11H22N2O3/c1-10(14)2-3-11(15)12-4-5-13-6-8-16-9-7-13/h10,14H,2-9H2,1H3,(H,12,15). The summed E-state index contributed by atoms with van der Waals surface area (Å²) >= 11 is 0. The van der Waals surface area contributed by atoms with Gasteiger partial charge < -0.3 is 15.2 Å². The highest BCUT2D eigenvalue weighted by molar-refractivity contribution is 5.75. The summed E-state index contributed by atoms with van der Waals surface area (Å²) in [5.41, 5.74) is 0. The van der Waals surface area contributed by atoms with E-state index in [0.29, 0.717) is 19.4 Å². The number of carbonyl (C=O) groups excluding carboxylic acids is 1. The molecule has 1 aliphatic heterocycles. The van der Waals surface area contributed by atoms with Gasteiger partial charge >= 0.3 is 0 Å². The smallest absolute Gasteiger partial charge is 0.220 e. The lowest BCUT2D eigenvalue weighted by molar-refractivity contribution is -0.121. The largest absolute Gasteiger partial charge is 0.393 e. The van der Waals surface area contributed by atoms with Gasteiger partial charge in [0.05, 0.1) is 19.3 Å². The Hall–Kier alpha value is -0.650. The maximum absolute atomic E-state index is 11.3. The van der Waals surface area contributed by atoms with E-state index in [0.717, 1.165) is 32.8 Å². The highest BCUT2D eigenvalue weighted by Gasteiger charge is 2.10. The summed E-state index contributed by atoms with van der Waals surface area (Å²) in [6, 6.07) is 0. The van der Waals surface area contributed by atoms with Gasteiger partial charge in [0.2, 0.25) is 5.91 Å². The van der Waals surface area contributed by atoms with Gasteiger partial charge in [-0.2, -0.15) is 0 Å². The van der Waals surface area contributed by atoms with E-state index >= 15 is 0 Å². The number of nitrogens with zero attached hydrogens (tertiary/aromatic N) is 1. The van der Waals surface area contributed by atoms with Gasteiger partial charge in [0, 0.05) is 32.6 Å². The molecule has 0 spiro atoms. The molecule has 0 radical (unpaired) electrons. The molecule has 0 aromatic rings. The first kappa shape index (κ1) is 13.4. The third-order valence-corrected chi connectivity index (χ3v) is 2.64. The van der Waals surface area contributed by atoms with Gasteiger partial charge in [-0.25, -0.2) is 0 Å². The molecule has 1 rings (SSSR count). The summed E-state index contributed by atoms with van der Waals surface area (Å²) in [5, 5.41) is 11.9. The molecular formula is C11H22N2O3. The van der Waals surface area contributed by atoms with Crippen LogP contribution in [0, 0.1) is 0 Å². The minimum absolute atomic E-state index is 0.0224. The summed E-state index contributed by atoms with van der Waals surface area (Å²) in [6.45, 7) is 6.72. The molecule has 0 aliphatic carbocycles. The number of hydrogen-bond acceptors (Lipinski definition) is 4. The molecule has 0 saturated carbocycles. The highest BCUT2D eigenvalue weighted by atomic mass is 16.5. The predicted octanol–water partition coefficient (Wildman–Crippen LogP) is -0.404. The van der Waals surface area contributed by atoms with Gasteiger partial charge in [-0.15, -0.1) is 0 Å². The third kappa shape index (κ3) is 6.05. The number of morpholine rings is 1. The fraction of sp³-hybridized carbons (Fsp3) is 0.909. The number of hydrogen-bond donors (Lipinski definition) is 2. The van der Waals surface area contributed by atoms with E-state index in [1.54, 1.807) is 6.92 Å². The van der Waals surface area contributed by atoms with Gasteiger partial charge in [0.25, 0.3) is 0 Å². The van der Waals surface area contributed by atoms with Crippen LogP contribution in [0.5, 0.6) is 0 Å². The summed E-state index contributed by atoms with van der Waals surface area (Å²) in [4.78, 5) is 13.6. The lowest BCUT2D eigenvalue weighted by Crippen LogP contribution is -2.41. The average molecular weight is 230 g/mol. The molecule has 2 N–H and O–H groups in total. The van der Waals surface area contributed by atoms with Gasteiger partial charge in [-0.3, -0.25) is 9.69 Å². The fourth-order valence-electron chi connectivity index (χ4n) is 1.61. The zero-order valence-corrected chi connectivity index (χ0v) is 9.95. The Morgan fingerprint density at radius 3 is 2.81 bits per heavy atom. The minimum Gasteiger partial charge on any atom is -0.393 e. The van der Waals surface area contributed by atoms with Crippen LogP contribution in [0.3, 0.4) is 0 Å². The second kappa shape index (κ2) is 7.60. The van der Waals surface area contributed by atoms with Crippen LogP contribution in [0.4, 0.5) is 0 Å². The van der Waals surface area contributed by atoms with E-state index in [-0.39, 0.29) is 5.91 Å². The molecule has 1 amide bonds. The second-order valence-corrected chi connectivity index (χ2v) is 4.19. The Labute approximate surface area is 96.8 Å². The molecule has 5 nitrogen and oxygen atoms in total. The van der Waals surface area contributed by atoms with E-state index in [1.807, 2.05) is 0 Å². The van der Waals surface area contributed by atoms with E-state index in [2.05, 4.69) is 10.2 Å². The van der Waals surface area contributed by atoms with Crippen LogP contribution in [-0.4, -0.2) is 61.4 Å². The van der Waals surface area contributed by atoms with Crippen molar-refractivity contribution in [2.75, 3.05) is 39.4 Å². The topological polar surface area (TPSA) is 61.8 Å². The Balaban J connectivity index is 1.99. The molecule has 5 heteroatoms. The number of aliphatic hydroxyl groups excluding tert-OH is 1. The van der Waals surface area contributed by atoms with Crippen molar-refractivity contribution in [1.29, 1.82) is 0 Å². The van der Waals surface area contributed by atoms with E-state index in [1.165, 1.54) is 0 Å². The molecule has 0 bridgehead atoms. The normalized spacial score (nSPS) is 19.4. The van der Waals surface area contributed by atoms with Gasteiger partial charge in [-0.05, 0) is 13.3 Å². The fourth-order valence-corrected chi connectivity index (χ4v) is 1.61. The van der Waals surface area contributed by atoms with Gasteiger partial charge in [0.15, 0.2) is 0 Å². The molecule has 0 aromatic carbocycles. The number of aliphatic hydroxyl groups is 1. The summed E-state index contributed by atoms with van der Waals surface area (Å²) in [7, 11) is 0. The van der Waals surface area contributed by atoms with E-state index < -0.39 is 6.10 Å². The maximum Gasteiger partial charge on any atom is 0.220 e. The molecule has 0 aromatic heterocycles. The van der Waals surface area contributed by atoms with Crippen LogP contribution in [0.1, 0.15) is 19.8 Å². The first-order valence-electron chi connectivity index (χ1n) is 5.93. The molecule has 16 heavy (non-hydrogen) atoms. The zero-order valence-electron chi connectivity index (χ0n) is 9.95. The Morgan fingerprint density at radius 2 is 2.19 bits per heavy atom. The van der Waals surface area contributed by atoms with Crippen LogP contribution in [0.15, 0.2) is 0 Å². The van der Waals surface area contributed by atoms with Crippen molar-refractivity contribution < 1.29 is 14.6 Å². The maximum atomic E-state index is 11.3. The molecule has 1 fully saturated rings. The second-order valence-electron chi connectivity index (χ2n) is 4.19. The van der Waals surface area contributed by atoms with Crippen LogP contribution in [0.2, 0.25) is 0 Å². The number of carbonyl (C=O) groups is 1. The van der Waals surface area contributed by atoms with Gasteiger partial charge in [0.1, 0.15) is 0 Å². The van der Waals surface area contributed by atoms with Crippen molar-refractivity contribution in [2.45, 2.75) is 25.9 Å². The van der Waals surface area contributed by atoms with Crippen LogP contribution in [-0.2, 0) is 9.53 Å². The average Bonchev–Trinajstić information content (AvgIpc) is 2.28. The molecule has 1 saturated heterocycles. The van der Waals surface area contributed by atoms with E-state index in [4.69, 9.17) is 9.84 Å². The minimum atomic E-state index is -0.398. The molecule has 94 valence electrons. The summed E-state index contributed by atoms with van der Waals surface area (Å²) in [5.74, 6) is 0.0224. The Bertz CT molecular complexity index is 203. The molecular weight excluding hydrogens is 208 g/mol. The lowest BCUT2D eigenvalue weighted by atomic mass is 10.2. The summed E-state index contributed by atoms with van der Waals surface area (Å²) in [6.07, 6.45) is 0.537. The van der Waals surface area contributed by atoms with Gasteiger partial charge in [-0.1, -0.05) is 0 Å². The van der Waals surface area contributed by atoms with Crippen LogP contribution >= 0.6 is 0 Å². The number of nitrogens with one attached hydrogen (secondary N) is 1. The quantitative estimate of drug-likeness (QED) is 0.651. The van der Waals surface area contributed by atoms with Crippen molar-refractivity contribution in [2.24, 2.45) is 0 Å². The monoisotopic (exact) mass is 230 g/mol. The van der Waals surface area contributed by atoms with Crippen molar-refractivity contribution in [3.05, 3.63) is 0 Å². The Morgan fingerprint density at radius 1 is 1.50 bits per heavy atom. The third-order valence-electron chi connectivity index (χ3n) is 2.64. The number of rotatable bonds is 6. The Kier molecular flexibility index (Phi) is 6.37. The van der Waals surface area contributed by atoms with Crippen molar-refractivity contribution in [1.82, 2.24) is 10.2 Å². The molecule has 1 aliphatic rings. The van der Waals surface area contributed by atoms with Crippen LogP contribution < -0.4 is 5.32 Å². The van der Waals surface area contributed by atoms with Crippen molar-refractivity contribution >= 4 is 5.91 Å². The SMILES string of the molecule is CC(O)CCC(=O)NCCN1CCOCC1. The zero-order chi connectivity index (χ0) is 11.8. The molecule has 1 unspecified atom stereocenters.